The number of halogens is 3. The van der Waals surface area contributed by atoms with Crippen molar-refractivity contribution in [3.63, 3.8) is 0 Å². The number of rotatable bonds is 5. The Bertz CT molecular complexity index is 1590. The topological polar surface area (TPSA) is 58.2 Å². The van der Waals surface area contributed by atoms with Crippen molar-refractivity contribution >= 4 is 43.7 Å². The number of para-hydroxylation sites is 1. The van der Waals surface area contributed by atoms with Gasteiger partial charge >= 0.3 is 6.18 Å². The van der Waals surface area contributed by atoms with Gasteiger partial charge < -0.3 is 25.8 Å². The molecule has 4 aromatic rings. The monoisotopic (exact) mass is 579 g/mol. The van der Waals surface area contributed by atoms with Gasteiger partial charge in [-0.05, 0) is 93.5 Å². The standard InChI is InChI=1S/C32H36F3N5S/c1-39-17-12-22(13-18-39)38-28-8-3-6-24-25(19-32(33,34)35)29(41-31(24)28)9-4-16-40-20-26(21-10-14-37-15-11-21)23-5-2-7-27(36)30(23)40/h2-3,5-8,20-22,37-38H,10-19,36H2,1H3. The summed E-state index contributed by atoms with van der Waals surface area (Å²) in [5.41, 5.74) is 10.5. The van der Waals surface area contributed by atoms with Crippen LogP contribution in [-0.4, -0.2) is 54.9 Å². The zero-order valence-corrected chi connectivity index (χ0v) is 24.1. The fraction of sp³-hybridized carbons (Fsp3) is 0.438. The molecule has 0 atom stereocenters. The number of hydrogen-bond donors (Lipinski definition) is 3. The Morgan fingerprint density at radius 3 is 2.54 bits per heavy atom. The van der Waals surface area contributed by atoms with Gasteiger partial charge in [-0.3, -0.25) is 0 Å². The summed E-state index contributed by atoms with van der Waals surface area (Å²) in [5, 5.41) is 8.83. The number of benzene rings is 2. The minimum atomic E-state index is -4.32. The quantitative estimate of drug-likeness (QED) is 0.185. The summed E-state index contributed by atoms with van der Waals surface area (Å²) in [6.07, 6.45) is 0.981. The van der Waals surface area contributed by atoms with Gasteiger partial charge in [0.1, 0.15) is 0 Å². The van der Waals surface area contributed by atoms with Crippen LogP contribution in [0.4, 0.5) is 24.5 Å². The summed E-state index contributed by atoms with van der Waals surface area (Å²) >= 11 is 1.36. The summed E-state index contributed by atoms with van der Waals surface area (Å²) in [5.74, 6) is 6.80. The van der Waals surface area contributed by atoms with Gasteiger partial charge in [0, 0.05) is 17.6 Å². The molecule has 2 saturated heterocycles. The van der Waals surface area contributed by atoms with E-state index in [0.29, 0.717) is 34.5 Å². The van der Waals surface area contributed by atoms with Crippen LogP contribution in [0, 0.1) is 11.8 Å². The fourth-order valence-corrected chi connectivity index (χ4v) is 7.51. The number of hydrogen-bond acceptors (Lipinski definition) is 5. The maximum atomic E-state index is 13.7. The first-order valence-corrected chi connectivity index (χ1v) is 15.2. The van der Waals surface area contributed by atoms with E-state index in [9.17, 15) is 13.2 Å². The summed E-state index contributed by atoms with van der Waals surface area (Å²) in [6.45, 7) is 4.35. The molecule has 4 heterocycles. The van der Waals surface area contributed by atoms with E-state index in [2.05, 4.69) is 51.3 Å². The largest absolute Gasteiger partial charge is 0.397 e. The number of aromatic nitrogens is 1. The number of likely N-dealkylation sites (tertiary alicyclic amines) is 1. The van der Waals surface area contributed by atoms with Crippen LogP contribution in [0.15, 0.2) is 42.6 Å². The van der Waals surface area contributed by atoms with Crippen molar-refractivity contribution in [3.8, 4) is 11.8 Å². The Hall–Kier alpha value is -3.19. The average Bonchev–Trinajstić information content (AvgIpc) is 3.49. The van der Waals surface area contributed by atoms with Crippen molar-refractivity contribution in [2.45, 2.75) is 56.8 Å². The molecule has 0 aliphatic carbocycles. The molecule has 41 heavy (non-hydrogen) atoms. The van der Waals surface area contributed by atoms with Gasteiger partial charge in [-0.2, -0.15) is 13.2 Å². The number of anilines is 2. The van der Waals surface area contributed by atoms with Crippen LogP contribution in [-0.2, 0) is 13.0 Å². The number of nitrogen functional groups attached to an aromatic ring is 1. The Balaban J connectivity index is 1.34. The van der Waals surface area contributed by atoms with Gasteiger partial charge in [-0.15, -0.1) is 11.3 Å². The van der Waals surface area contributed by atoms with Crippen LogP contribution in [0.5, 0.6) is 0 Å². The number of alkyl halides is 3. The van der Waals surface area contributed by atoms with Crippen molar-refractivity contribution in [1.29, 1.82) is 0 Å². The van der Waals surface area contributed by atoms with E-state index in [-0.39, 0.29) is 5.56 Å². The lowest BCUT2D eigenvalue weighted by molar-refractivity contribution is -0.126. The predicted octanol–water partition coefficient (Wildman–Crippen LogP) is 6.57. The van der Waals surface area contributed by atoms with E-state index in [1.165, 1.54) is 16.9 Å². The van der Waals surface area contributed by atoms with Gasteiger partial charge in [0.05, 0.1) is 39.4 Å². The predicted molar refractivity (Wildman–Crippen MR) is 164 cm³/mol. The van der Waals surface area contributed by atoms with Crippen molar-refractivity contribution in [1.82, 2.24) is 14.8 Å². The molecule has 2 aromatic carbocycles. The first-order chi connectivity index (χ1) is 19.8. The Labute approximate surface area is 242 Å². The lowest BCUT2D eigenvalue weighted by Crippen LogP contribution is -2.36. The third-order valence-corrected chi connectivity index (χ3v) is 9.66. The molecule has 216 valence electrons. The number of nitrogens with zero attached hydrogens (tertiary/aromatic N) is 2. The minimum Gasteiger partial charge on any atom is -0.397 e. The Morgan fingerprint density at radius 1 is 1.05 bits per heavy atom. The zero-order valence-electron chi connectivity index (χ0n) is 23.3. The molecule has 0 amide bonds. The SMILES string of the molecule is CN1CCC(Nc2cccc3c(CC(F)(F)F)c(C#CCn4cc(C5CCNCC5)c5cccc(N)c54)sc23)CC1. The maximum absolute atomic E-state index is 13.7. The van der Waals surface area contributed by atoms with Crippen molar-refractivity contribution in [2.24, 2.45) is 0 Å². The van der Waals surface area contributed by atoms with Crippen LogP contribution in [0.3, 0.4) is 0 Å². The molecule has 0 saturated carbocycles. The van der Waals surface area contributed by atoms with Gasteiger partial charge in [-0.1, -0.05) is 36.1 Å². The lowest BCUT2D eigenvalue weighted by Gasteiger charge is -2.30. The van der Waals surface area contributed by atoms with E-state index in [1.807, 2.05) is 24.3 Å². The molecule has 0 bridgehead atoms. The highest BCUT2D eigenvalue weighted by molar-refractivity contribution is 7.20. The normalized spacial score (nSPS) is 17.7. The highest BCUT2D eigenvalue weighted by Crippen LogP contribution is 2.40. The molecular formula is C32H36F3N5S. The highest BCUT2D eigenvalue weighted by atomic mass is 32.1. The highest BCUT2D eigenvalue weighted by Gasteiger charge is 2.31. The third-order valence-electron chi connectivity index (χ3n) is 8.46. The van der Waals surface area contributed by atoms with E-state index >= 15 is 0 Å². The number of fused-ring (bicyclic) bond motifs is 2. The molecule has 2 aromatic heterocycles. The summed E-state index contributed by atoms with van der Waals surface area (Å²) in [7, 11) is 2.11. The van der Waals surface area contributed by atoms with Crippen LogP contribution >= 0.6 is 11.3 Å². The molecule has 0 radical (unpaired) electrons. The average molecular weight is 580 g/mol. The molecule has 6 rings (SSSR count). The molecule has 4 N–H and O–H groups in total. The summed E-state index contributed by atoms with van der Waals surface area (Å²) in [4.78, 5) is 2.79. The first-order valence-electron chi connectivity index (χ1n) is 14.4. The smallest absolute Gasteiger partial charge is 0.393 e. The van der Waals surface area contributed by atoms with Crippen LogP contribution in [0.25, 0.3) is 21.0 Å². The van der Waals surface area contributed by atoms with Gasteiger partial charge in [-0.25, -0.2) is 0 Å². The third kappa shape index (κ3) is 6.06. The molecule has 0 unspecified atom stereocenters. The van der Waals surface area contributed by atoms with Gasteiger partial charge in [0.25, 0.3) is 0 Å². The molecule has 2 aliphatic heterocycles. The minimum absolute atomic E-state index is 0.268. The maximum Gasteiger partial charge on any atom is 0.393 e. The summed E-state index contributed by atoms with van der Waals surface area (Å²) in [6, 6.07) is 11.9. The molecule has 0 spiro atoms. The second kappa shape index (κ2) is 11.6. The van der Waals surface area contributed by atoms with Crippen molar-refractivity contribution in [2.75, 3.05) is 44.3 Å². The van der Waals surface area contributed by atoms with E-state index < -0.39 is 12.6 Å². The number of piperidine rings is 2. The fourth-order valence-electron chi connectivity index (χ4n) is 6.34. The van der Waals surface area contributed by atoms with E-state index in [1.54, 1.807) is 6.07 Å². The number of nitrogens with one attached hydrogen (secondary N) is 2. The van der Waals surface area contributed by atoms with Crippen LogP contribution < -0.4 is 16.4 Å². The molecule has 9 heteroatoms. The Morgan fingerprint density at radius 2 is 1.78 bits per heavy atom. The lowest BCUT2D eigenvalue weighted by atomic mass is 9.90. The summed E-state index contributed by atoms with van der Waals surface area (Å²) < 4.78 is 44.1. The molecule has 2 aliphatic rings. The Kier molecular flexibility index (Phi) is 7.90. The first kappa shape index (κ1) is 28.0. The van der Waals surface area contributed by atoms with Crippen molar-refractivity contribution < 1.29 is 13.2 Å². The number of nitrogens with two attached hydrogens (primary N) is 1. The van der Waals surface area contributed by atoms with Crippen LogP contribution in [0.1, 0.15) is 47.6 Å². The van der Waals surface area contributed by atoms with E-state index in [0.717, 1.165) is 73.2 Å². The second-order valence-electron chi connectivity index (χ2n) is 11.4. The zero-order chi connectivity index (χ0) is 28.6. The molecule has 5 nitrogen and oxygen atoms in total. The molecular weight excluding hydrogens is 543 g/mol. The van der Waals surface area contributed by atoms with Gasteiger partial charge in [0.2, 0.25) is 0 Å². The van der Waals surface area contributed by atoms with Gasteiger partial charge in [0.15, 0.2) is 0 Å². The number of thiophene rings is 1. The second-order valence-corrected chi connectivity index (χ2v) is 12.4. The molecule has 2 fully saturated rings. The van der Waals surface area contributed by atoms with Crippen molar-refractivity contribution in [3.05, 3.63) is 58.6 Å². The van der Waals surface area contributed by atoms with E-state index in [4.69, 9.17) is 5.73 Å². The van der Waals surface area contributed by atoms with Crippen LogP contribution in [0.2, 0.25) is 0 Å².